The number of nitrogens with zero attached hydrogens (tertiary/aromatic N) is 1. The van der Waals surface area contributed by atoms with Crippen LogP contribution in [0.3, 0.4) is 0 Å². The number of aryl methyl sites for hydroxylation is 1. The number of benzene rings is 2. The summed E-state index contributed by atoms with van der Waals surface area (Å²) in [6.45, 7) is 2.04. The second-order valence-corrected chi connectivity index (χ2v) is 6.78. The van der Waals surface area contributed by atoms with Gasteiger partial charge in [-0.1, -0.05) is 42.0 Å². The summed E-state index contributed by atoms with van der Waals surface area (Å²) in [7, 11) is 1.52. The zero-order chi connectivity index (χ0) is 18.5. The molecule has 0 aliphatic rings. The summed E-state index contributed by atoms with van der Waals surface area (Å²) < 4.78 is 5.19. The summed E-state index contributed by atoms with van der Waals surface area (Å²) in [6.07, 6.45) is 0. The van der Waals surface area contributed by atoms with E-state index >= 15 is 0 Å². The van der Waals surface area contributed by atoms with Crippen molar-refractivity contribution in [2.45, 2.75) is 6.92 Å². The van der Waals surface area contributed by atoms with E-state index in [1.54, 1.807) is 24.3 Å². The molecule has 0 fully saturated rings. The maximum Gasteiger partial charge on any atom is 0.261 e. The molecule has 26 heavy (non-hydrogen) atoms. The third kappa shape index (κ3) is 4.25. The number of nitrogens with one attached hydrogen (secondary N) is 2. The van der Waals surface area contributed by atoms with Gasteiger partial charge in [0.1, 0.15) is 5.75 Å². The molecule has 132 valence electrons. The summed E-state index contributed by atoms with van der Waals surface area (Å²) in [5.41, 5.74) is 3.50. The molecule has 1 aromatic heterocycles. The average molecular weight is 383 g/mol. The van der Waals surface area contributed by atoms with Crippen LogP contribution in [0.1, 0.15) is 15.9 Å². The zero-order valence-electron chi connectivity index (χ0n) is 14.3. The van der Waals surface area contributed by atoms with E-state index in [4.69, 9.17) is 17.0 Å². The number of amides is 1. The number of aromatic nitrogens is 1. The van der Waals surface area contributed by atoms with Crippen LogP contribution in [0.25, 0.3) is 11.3 Å². The van der Waals surface area contributed by atoms with E-state index in [9.17, 15) is 4.79 Å². The Bertz CT molecular complexity index is 936. The lowest BCUT2D eigenvalue weighted by molar-refractivity contribution is 0.0975. The molecule has 0 aliphatic heterocycles. The zero-order valence-corrected chi connectivity index (χ0v) is 15.9. The normalized spacial score (nSPS) is 10.2. The van der Waals surface area contributed by atoms with Gasteiger partial charge >= 0.3 is 0 Å². The van der Waals surface area contributed by atoms with Crippen LogP contribution in [0, 0.1) is 6.92 Å². The molecule has 5 nitrogen and oxygen atoms in total. The van der Waals surface area contributed by atoms with Crippen LogP contribution < -0.4 is 15.4 Å². The minimum atomic E-state index is -0.338. The standard InChI is InChI=1S/C19H17N3O2S2/c1-12-7-9-13(10-8-12)15-11-26-19(20-15)22-18(25)21-17(23)14-5-3-4-6-16(14)24-2/h3-11H,1-2H3,(H2,20,21,22,23,25). The van der Waals surface area contributed by atoms with Gasteiger partial charge < -0.3 is 10.1 Å². The second-order valence-electron chi connectivity index (χ2n) is 5.51. The molecule has 0 saturated heterocycles. The number of thiocarbonyl (C=S) groups is 1. The topological polar surface area (TPSA) is 63.2 Å². The average Bonchev–Trinajstić information content (AvgIpc) is 3.10. The molecule has 0 unspecified atom stereocenters. The fourth-order valence-corrected chi connectivity index (χ4v) is 3.30. The molecule has 0 aliphatic carbocycles. The van der Waals surface area contributed by atoms with Crippen LogP contribution in [0.15, 0.2) is 53.9 Å². The van der Waals surface area contributed by atoms with Crippen LogP contribution in [0.5, 0.6) is 5.75 Å². The number of thiazole rings is 1. The smallest absolute Gasteiger partial charge is 0.261 e. The van der Waals surface area contributed by atoms with E-state index in [-0.39, 0.29) is 11.0 Å². The van der Waals surface area contributed by atoms with Crippen LogP contribution in [-0.2, 0) is 0 Å². The van der Waals surface area contributed by atoms with Crippen LogP contribution in [0.4, 0.5) is 5.13 Å². The van der Waals surface area contributed by atoms with Crippen molar-refractivity contribution in [2.75, 3.05) is 12.4 Å². The number of methoxy groups -OCH3 is 1. The molecule has 0 atom stereocenters. The molecule has 3 rings (SSSR count). The molecule has 0 bridgehead atoms. The molecule has 0 saturated carbocycles. The van der Waals surface area contributed by atoms with Crippen molar-refractivity contribution in [2.24, 2.45) is 0 Å². The van der Waals surface area contributed by atoms with Crippen molar-refractivity contribution in [3.05, 3.63) is 65.0 Å². The first-order valence-corrected chi connectivity index (χ1v) is 9.13. The van der Waals surface area contributed by atoms with Gasteiger partial charge in [-0.3, -0.25) is 10.1 Å². The van der Waals surface area contributed by atoms with Crippen molar-refractivity contribution < 1.29 is 9.53 Å². The van der Waals surface area contributed by atoms with Gasteiger partial charge in [0.25, 0.3) is 5.91 Å². The number of hydrogen-bond acceptors (Lipinski definition) is 5. The Hall–Kier alpha value is -2.77. The molecule has 1 amide bonds. The van der Waals surface area contributed by atoms with E-state index < -0.39 is 0 Å². The molecular weight excluding hydrogens is 366 g/mol. The van der Waals surface area contributed by atoms with E-state index in [0.29, 0.717) is 16.4 Å². The molecule has 2 N–H and O–H groups in total. The van der Waals surface area contributed by atoms with E-state index in [0.717, 1.165) is 11.3 Å². The minimum Gasteiger partial charge on any atom is -0.496 e. The Kier molecular flexibility index (Phi) is 5.60. The van der Waals surface area contributed by atoms with Crippen molar-refractivity contribution in [3.63, 3.8) is 0 Å². The highest BCUT2D eigenvalue weighted by atomic mass is 32.1. The summed E-state index contributed by atoms with van der Waals surface area (Å²) in [5.74, 6) is 0.152. The second kappa shape index (κ2) is 8.07. The minimum absolute atomic E-state index is 0.186. The highest BCUT2D eigenvalue weighted by Crippen LogP contribution is 2.25. The number of hydrogen-bond donors (Lipinski definition) is 2. The number of rotatable bonds is 4. The van der Waals surface area contributed by atoms with Gasteiger partial charge in [-0.25, -0.2) is 4.98 Å². The Labute approximate surface area is 161 Å². The Morgan fingerprint density at radius 3 is 2.62 bits per heavy atom. The van der Waals surface area contributed by atoms with Crippen LogP contribution in [-0.4, -0.2) is 23.1 Å². The Morgan fingerprint density at radius 2 is 1.88 bits per heavy atom. The molecular formula is C19H17N3O2S2. The summed E-state index contributed by atoms with van der Waals surface area (Å²) >= 11 is 6.64. The number of carbonyl (C=O) groups excluding carboxylic acids is 1. The largest absolute Gasteiger partial charge is 0.496 e. The summed E-state index contributed by atoms with van der Waals surface area (Å²) in [6, 6.07) is 15.1. The van der Waals surface area contributed by atoms with Crippen molar-refractivity contribution >= 4 is 39.7 Å². The van der Waals surface area contributed by atoms with Gasteiger partial charge in [0.2, 0.25) is 0 Å². The number of para-hydroxylation sites is 1. The molecule has 0 radical (unpaired) electrons. The lowest BCUT2D eigenvalue weighted by atomic mass is 10.1. The molecule has 0 spiro atoms. The Balaban J connectivity index is 1.65. The third-order valence-electron chi connectivity index (χ3n) is 3.65. The third-order valence-corrected chi connectivity index (χ3v) is 4.61. The lowest BCUT2D eigenvalue weighted by Gasteiger charge is -2.10. The SMILES string of the molecule is COc1ccccc1C(=O)NC(=S)Nc1nc(-c2ccc(C)cc2)cs1. The quantitative estimate of drug-likeness (QED) is 0.660. The monoisotopic (exact) mass is 383 g/mol. The highest BCUT2D eigenvalue weighted by molar-refractivity contribution is 7.80. The van der Waals surface area contributed by atoms with Gasteiger partial charge in [-0.05, 0) is 31.3 Å². The van der Waals surface area contributed by atoms with Gasteiger partial charge in [-0.2, -0.15) is 0 Å². The van der Waals surface area contributed by atoms with Crippen molar-refractivity contribution in [1.29, 1.82) is 0 Å². The van der Waals surface area contributed by atoms with Crippen molar-refractivity contribution in [1.82, 2.24) is 10.3 Å². The Morgan fingerprint density at radius 1 is 1.15 bits per heavy atom. The van der Waals surface area contributed by atoms with Gasteiger partial charge in [0, 0.05) is 10.9 Å². The van der Waals surface area contributed by atoms with Gasteiger partial charge in [-0.15, -0.1) is 11.3 Å². The molecule has 3 aromatic rings. The predicted molar refractivity (Wildman–Crippen MR) is 109 cm³/mol. The maximum absolute atomic E-state index is 12.3. The van der Waals surface area contributed by atoms with E-state index in [2.05, 4.69) is 15.6 Å². The highest BCUT2D eigenvalue weighted by Gasteiger charge is 2.13. The number of anilines is 1. The fourth-order valence-electron chi connectivity index (χ4n) is 2.32. The summed E-state index contributed by atoms with van der Waals surface area (Å²) in [5, 5.41) is 8.34. The first kappa shape index (κ1) is 18.0. The molecule has 7 heteroatoms. The van der Waals surface area contributed by atoms with Crippen LogP contribution in [0.2, 0.25) is 0 Å². The lowest BCUT2D eigenvalue weighted by Crippen LogP contribution is -2.34. The number of carbonyl (C=O) groups is 1. The van der Waals surface area contributed by atoms with E-state index in [1.165, 1.54) is 24.0 Å². The number of ether oxygens (including phenoxy) is 1. The fraction of sp³-hybridized carbons (Fsp3) is 0.105. The van der Waals surface area contributed by atoms with Crippen LogP contribution >= 0.6 is 23.6 Å². The first-order valence-electron chi connectivity index (χ1n) is 7.85. The van der Waals surface area contributed by atoms with Gasteiger partial charge in [0.15, 0.2) is 10.2 Å². The van der Waals surface area contributed by atoms with Crippen molar-refractivity contribution in [3.8, 4) is 17.0 Å². The molecule has 2 aromatic carbocycles. The molecule has 1 heterocycles. The van der Waals surface area contributed by atoms with Gasteiger partial charge in [0.05, 0.1) is 18.4 Å². The predicted octanol–water partition coefficient (Wildman–Crippen LogP) is 4.25. The maximum atomic E-state index is 12.3. The van der Waals surface area contributed by atoms with E-state index in [1.807, 2.05) is 36.6 Å². The first-order chi connectivity index (χ1) is 12.6. The summed E-state index contributed by atoms with van der Waals surface area (Å²) in [4.78, 5) is 16.9.